The molecule has 4 rings (SSSR count). The van der Waals surface area contributed by atoms with Gasteiger partial charge in [0.2, 0.25) is 0 Å². The van der Waals surface area contributed by atoms with E-state index in [0.717, 1.165) is 56.0 Å². The third-order valence-electron chi connectivity index (χ3n) is 7.08. The van der Waals surface area contributed by atoms with Gasteiger partial charge in [0.1, 0.15) is 5.76 Å². The molecular formula is C29H36N2O4. The number of amides is 1. The van der Waals surface area contributed by atoms with Crippen LogP contribution in [0.25, 0.3) is 5.76 Å². The van der Waals surface area contributed by atoms with E-state index < -0.39 is 17.7 Å². The molecular weight excluding hydrogens is 440 g/mol. The highest BCUT2D eigenvalue weighted by molar-refractivity contribution is 6.46. The molecule has 2 aliphatic rings. The number of rotatable bonds is 7. The van der Waals surface area contributed by atoms with E-state index in [-0.39, 0.29) is 11.3 Å². The fraction of sp³-hybridized carbons (Fsp3) is 0.448. The Bertz CT molecular complexity index is 1110. The number of ether oxygens (including phenoxy) is 1. The van der Waals surface area contributed by atoms with E-state index in [0.29, 0.717) is 18.0 Å². The van der Waals surface area contributed by atoms with Crippen LogP contribution >= 0.6 is 0 Å². The molecule has 0 saturated carbocycles. The molecule has 35 heavy (non-hydrogen) atoms. The lowest BCUT2D eigenvalue weighted by atomic mass is 9.92. The van der Waals surface area contributed by atoms with Crippen LogP contribution in [-0.4, -0.2) is 66.0 Å². The van der Waals surface area contributed by atoms with E-state index in [9.17, 15) is 14.7 Å². The second-order valence-corrected chi connectivity index (χ2v) is 9.94. The van der Waals surface area contributed by atoms with Crippen molar-refractivity contribution in [1.29, 1.82) is 0 Å². The molecule has 0 bridgehead atoms. The normalized spacial score (nSPS) is 20.7. The number of hydrogen-bond donors (Lipinski definition) is 1. The fourth-order valence-electron chi connectivity index (χ4n) is 4.95. The van der Waals surface area contributed by atoms with Crippen LogP contribution in [-0.2, 0) is 14.3 Å². The van der Waals surface area contributed by atoms with Crippen molar-refractivity contribution in [1.82, 2.24) is 9.80 Å². The van der Waals surface area contributed by atoms with Crippen molar-refractivity contribution in [2.45, 2.75) is 46.1 Å². The molecule has 186 valence electrons. The summed E-state index contributed by atoms with van der Waals surface area (Å²) in [7, 11) is 0. The average molecular weight is 477 g/mol. The predicted molar refractivity (Wildman–Crippen MR) is 137 cm³/mol. The number of Topliss-reactive ketones (excluding diaryl/α,β-unsaturated/α-hetero) is 1. The van der Waals surface area contributed by atoms with Gasteiger partial charge in [0.05, 0.1) is 24.8 Å². The third-order valence-corrected chi connectivity index (χ3v) is 7.08. The van der Waals surface area contributed by atoms with Crippen molar-refractivity contribution >= 4 is 17.4 Å². The number of nitrogens with zero attached hydrogens (tertiary/aromatic N) is 2. The van der Waals surface area contributed by atoms with Crippen molar-refractivity contribution in [3.05, 3.63) is 75.9 Å². The molecule has 0 aliphatic carbocycles. The van der Waals surface area contributed by atoms with Crippen LogP contribution < -0.4 is 0 Å². The Balaban J connectivity index is 1.71. The van der Waals surface area contributed by atoms with E-state index in [4.69, 9.17) is 4.74 Å². The Hall–Kier alpha value is -2.96. The lowest BCUT2D eigenvalue weighted by Crippen LogP contribution is -2.38. The molecule has 0 spiro atoms. The van der Waals surface area contributed by atoms with Crippen LogP contribution in [0.3, 0.4) is 0 Å². The first-order valence-electron chi connectivity index (χ1n) is 12.5. The van der Waals surface area contributed by atoms with Crippen LogP contribution in [0.4, 0.5) is 0 Å². The van der Waals surface area contributed by atoms with Crippen molar-refractivity contribution in [2.75, 3.05) is 39.4 Å². The molecule has 2 aromatic rings. The van der Waals surface area contributed by atoms with Gasteiger partial charge < -0.3 is 14.7 Å². The Kier molecular flexibility index (Phi) is 7.72. The van der Waals surface area contributed by atoms with Crippen molar-refractivity contribution in [3.63, 3.8) is 0 Å². The first kappa shape index (κ1) is 25.1. The molecule has 1 unspecified atom stereocenters. The van der Waals surface area contributed by atoms with Gasteiger partial charge in [-0.1, -0.05) is 55.8 Å². The predicted octanol–water partition coefficient (Wildman–Crippen LogP) is 4.57. The maximum Gasteiger partial charge on any atom is 0.295 e. The zero-order chi connectivity index (χ0) is 25.1. The summed E-state index contributed by atoms with van der Waals surface area (Å²) in [5.41, 5.74) is 4.64. The van der Waals surface area contributed by atoms with Gasteiger partial charge in [0.25, 0.3) is 11.7 Å². The quantitative estimate of drug-likeness (QED) is 0.360. The van der Waals surface area contributed by atoms with Crippen molar-refractivity contribution < 1.29 is 19.4 Å². The standard InChI is InChI=1S/C29H36N2O4/c1-19(2)22-8-10-23(11-9-22)26-25(27(32)24-18-20(3)6-7-21(24)4)28(33)29(34)31(26)13-5-12-30-14-16-35-17-15-30/h6-11,18-19,26,32H,5,12-17H2,1-4H3/b27-25+. The lowest BCUT2D eigenvalue weighted by Gasteiger charge is -2.29. The van der Waals surface area contributed by atoms with E-state index in [1.165, 1.54) is 5.56 Å². The number of benzene rings is 2. The topological polar surface area (TPSA) is 70.1 Å². The van der Waals surface area contributed by atoms with Gasteiger partial charge in [-0.05, 0) is 48.9 Å². The van der Waals surface area contributed by atoms with Crippen LogP contribution in [0.1, 0.15) is 60.0 Å². The smallest absolute Gasteiger partial charge is 0.295 e. The summed E-state index contributed by atoms with van der Waals surface area (Å²) in [6, 6.07) is 13.2. The molecule has 1 N–H and O–H groups in total. The number of hydrogen-bond acceptors (Lipinski definition) is 5. The number of ketones is 1. The molecule has 6 nitrogen and oxygen atoms in total. The first-order valence-corrected chi connectivity index (χ1v) is 12.5. The number of carbonyl (C=O) groups is 2. The summed E-state index contributed by atoms with van der Waals surface area (Å²) in [6.45, 7) is 12.6. The van der Waals surface area contributed by atoms with Gasteiger partial charge in [0.15, 0.2) is 0 Å². The summed E-state index contributed by atoms with van der Waals surface area (Å²) in [5, 5.41) is 11.4. The van der Waals surface area contributed by atoms with E-state index in [2.05, 4.69) is 18.7 Å². The van der Waals surface area contributed by atoms with E-state index in [1.54, 1.807) is 4.90 Å². The molecule has 0 aromatic heterocycles. The number of carbonyl (C=O) groups excluding carboxylic acids is 2. The number of aliphatic hydroxyl groups is 1. The van der Waals surface area contributed by atoms with Crippen LogP contribution in [0.15, 0.2) is 48.0 Å². The molecule has 1 atom stereocenters. The molecule has 0 radical (unpaired) electrons. The molecule has 2 heterocycles. The Morgan fingerprint density at radius 3 is 2.37 bits per heavy atom. The number of aryl methyl sites for hydroxylation is 2. The summed E-state index contributed by atoms with van der Waals surface area (Å²) in [6.07, 6.45) is 0.747. The second kappa shape index (κ2) is 10.8. The minimum absolute atomic E-state index is 0.0989. The maximum atomic E-state index is 13.3. The SMILES string of the molecule is Cc1ccc(C)c(/C(O)=C2\C(=O)C(=O)N(CCCN3CCOCC3)C2c2ccc(C(C)C)cc2)c1. The molecule has 2 fully saturated rings. The van der Waals surface area contributed by atoms with Gasteiger partial charge >= 0.3 is 0 Å². The molecule has 1 amide bonds. The zero-order valence-corrected chi connectivity index (χ0v) is 21.2. The lowest BCUT2D eigenvalue weighted by molar-refractivity contribution is -0.140. The highest BCUT2D eigenvalue weighted by Crippen LogP contribution is 2.40. The van der Waals surface area contributed by atoms with Gasteiger partial charge in [-0.25, -0.2) is 0 Å². The number of aliphatic hydroxyl groups excluding tert-OH is 1. The molecule has 2 saturated heterocycles. The first-order chi connectivity index (χ1) is 16.8. The largest absolute Gasteiger partial charge is 0.507 e. The van der Waals surface area contributed by atoms with Gasteiger partial charge in [-0.15, -0.1) is 0 Å². The Morgan fingerprint density at radius 2 is 1.71 bits per heavy atom. The van der Waals surface area contributed by atoms with Crippen molar-refractivity contribution in [3.8, 4) is 0 Å². The highest BCUT2D eigenvalue weighted by Gasteiger charge is 2.46. The minimum atomic E-state index is -0.618. The van der Waals surface area contributed by atoms with Crippen LogP contribution in [0, 0.1) is 13.8 Å². The zero-order valence-electron chi connectivity index (χ0n) is 21.2. The van der Waals surface area contributed by atoms with Gasteiger partial charge in [0, 0.05) is 31.7 Å². The highest BCUT2D eigenvalue weighted by atomic mass is 16.5. The second-order valence-electron chi connectivity index (χ2n) is 9.94. The van der Waals surface area contributed by atoms with Crippen LogP contribution in [0.2, 0.25) is 0 Å². The summed E-state index contributed by atoms with van der Waals surface area (Å²) >= 11 is 0. The van der Waals surface area contributed by atoms with E-state index in [1.807, 2.05) is 56.3 Å². The van der Waals surface area contributed by atoms with Gasteiger partial charge in [-0.2, -0.15) is 0 Å². The fourth-order valence-corrected chi connectivity index (χ4v) is 4.95. The monoisotopic (exact) mass is 476 g/mol. The maximum absolute atomic E-state index is 13.3. The van der Waals surface area contributed by atoms with Crippen LogP contribution in [0.5, 0.6) is 0 Å². The molecule has 2 aliphatic heterocycles. The summed E-state index contributed by atoms with van der Waals surface area (Å²) in [4.78, 5) is 30.5. The van der Waals surface area contributed by atoms with Gasteiger partial charge in [-0.3, -0.25) is 14.5 Å². The minimum Gasteiger partial charge on any atom is -0.507 e. The van der Waals surface area contributed by atoms with Crippen molar-refractivity contribution in [2.24, 2.45) is 0 Å². The molecule has 2 aromatic carbocycles. The summed E-state index contributed by atoms with van der Waals surface area (Å²) < 4.78 is 5.43. The Morgan fingerprint density at radius 1 is 1.03 bits per heavy atom. The summed E-state index contributed by atoms with van der Waals surface area (Å²) in [5.74, 6) is -0.887. The number of likely N-dealkylation sites (tertiary alicyclic amines) is 1. The average Bonchev–Trinajstić information content (AvgIpc) is 3.11. The third kappa shape index (κ3) is 5.34. The number of morpholine rings is 1. The Labute approximate surface area is 208 Å². The molecule has 6 heteroatoms. The van der Waals surface area contributed by atoms with E-state index >= 15 is 0 Å².